The maximum absolute atomic E-state index is 14.2. The van der Waals surface area contributed by atoms with E-state index < -0.39 is 5.95 Å². The number of hydrogen-bond acceptors (Lipinski definition) is 4. The topological polar surface area (TPSA) is 52.0 Å². The minimum Gasteiger partial charge on any atom is -0.377 e. The van der Waals surface area contributed by atoms with Gasteiger partial charge < -0.3 is 10.1 Å². The van der Waals surface area contributed by atoms with Gasteiger partial charge in [0.25, 0.3) is 0 Å². The fourth-order valence-corrected chi connectivity index (χ4v) is 2.35. The smallest absolute Gasteiger partial charge is 0.224 e. The number of halogens is 1. The normalized spacial score (nSPS) is 15.3. The van der Waals surface area contributed by atoms with Crippen LogP contribution in [0.3, 0.4) is 0 Å². The molecule has 2 aromatic heterocycles. The molecule has 2 aromatic rings. The fourth-order valence-electron chi connectivity index (χ4n) is 2.35. The fraction of sp³-hybridized carbons (Fsp3) is 0.467. The molecule has 3 rings (SSSR count). The molecule has 0 saturated carbocycles. The highest BCUT2D eigenvalue weighted by Gasteiger charge is 2.25. The predicted molar refractivity (Wildman–Crippen MR) is 78.9 cm³/mol. The van der Waals surface area contributed by atoms with Gasteiger partial charge in [-0.2, -0.15) is 9.49 Å². The Labute approximate surface area is 123 Å². The molecule has 3 heterocycles. The Morgan fingerprint density at radius 2 is 2.14 bits per heavy atom. The Hall–Kier alpha value is -1.95. The van der Waals surface area contributed by atoms with Gasteiger partial charge in [-0.1, -0.05) is 13.8 Å². The van der Waals surface area contributed by atoms with Crippen LogP contribution in [0.2, 0.25) is 0 Å². The maximum atomic E-state index is 14.2. The lowest BCUT2D eigenvalue weighted by Gasteiger charge is -2.26. The van der Waals surface area contributed by atoms with E-state index in [-0.39, 0.29) is 12.0 Å². The maximum Gasteiger partial charge on any atom is 0.224 e. The van der Waals surface area contributed by atoms with Crippen molar-refractivity contribution in [3.8, 4) is 11.3 Å². The summed E-state index contributed by atoms with van der Waals surface area (Å²) in [6, 6.07) is 3.74. The van der Waals surface area contributed by atoms with Crippen molar-refractivity contribution in [1.82, 2.24) is 14.8 Å². The van der Waals surface area contributed by atoms with E-state index in [0.29, 0.717) is 30.3 Å². The summed E-state index contributed by atoms with van der Waals surface area (Å²) in [5.41, 5.74) is 2.14. The molecular weight excluding hydrogens is 271 g/mol. The average Bonchev–Trinajstić information content (AvgIpc) is 2.81. The molecular formula is C15H19FN4O. The number of ether oxygens (including phenoxy) is 1. The van der Waals surface area contributed by atoms with Gasteiger partial charge in [-0.05, 0) is 18.1 Å². The lowest BCUT2D eigenvalue weighted by Crippen LogP contribution is -2.30. The summed E-state index contributed by atoms with van der Waals surface area (Å²) in [6.45, 7) is 5.49. The molecule has 0 aliphatic carbocycles. The second-order valence-corrected chi connectivity index (χ2v) is 5.54. The molecule has 6 heteroatoms. The molecule has 0 radical (unpaired) electrons. The zero-order valence-electron chi connectivity index (χ0n) is 12.4. The largest absolute Gasteiger partial charge is 0.377 e. The van der Waals surface area contributed by atoms with Crippen LogP contribution in [0.5, 0.6) is 0 Å². The highest BCUT2D eigenvalue weighted by molar-refractivity contribution is 5.64. The van der Waals surface area contributed by atoms with Crippen LogP contribution in [-0.2, 0) is 4.74 Å². The van der Waals surface area contributed by atoms with Gasteiger partial charge in [0.05, 0.1) is 24.8 Å². The highest BCUT2D eigenvalue weighted by Crippen LogP contribution is 2.31. The van der Waals surface area contributed by atoms with E-state index in [1.807, 2.05) is 10.9 Å². The molecule has 5 nitrogen and oxygen atoms in total. The lowest BCUT2D eigenvalue weighted by atomic mass is 10.0. The average molecular weight is 290 g/mol. The first-order chi connectivity index (χ1) is 10.1. The summed E-state index contributed by atoms with van der Waals surface area (Å²) in [7, 11) is 1.71. The summed E-state index contributed by atoms with van der Waals surface area (Å²) >= 11 is 0. The third kappa shape index (κ3) is 2.51. The Bertz CT molecular complexity index is 649. The Morgan fingerprint density at radius 1 is 1.38 bits per heavy atom. The zero-order valence-corrected chi connectivity index (χ0v) is 12.4. The number of hydrogen-bond donors (Lipinski definition) is 1. The minimum atomic E-state index is -0.501. The predicted octanol–water partition coefficient (Wildman–Crippen LogP) is 2.82. The van der Waals surface area contributed by atoms with Gasteiger partial charge in [0.1, 0.15) is 11.5 Å². The molecule has 0 bridgehead atoms. The summed E-state index contributed by atoms with van der Waals surface area (Å²) in [6.07, 6.45) is 2.00. The molecule has 1 aliphatic rings. The molecule has 1 aliphatic heterocycles. The number of pyridine rings is 1. The molecule has 0 amide bonds. The zero-order chi connectivity index (χ0) is 15.0. The third-order valence-electron chi connectivity index (χ3n) is 3.74. The van der Waals surface area contributed by atoms with Gasteiger partial charge in [-0.25, -0.2) is 4.98 Å². The third-order valence-corrected chi connectivity index (χ3v) is 3.74. The molecule has 0 aromatic carbocycles. The van der Waals surface area contributed by atoms with Crippen LogP contribution in [0.15, 0.2) is 18.3 Å². The summed E-state index contributed by atoms with van der Waals surface area (Å²) in [5.74, 6) is 0.270. The SMILES string of the molecule is CNc1ccc(-c2nn(C3COC3)cc2C(C)C)c(F)n1. The molecule has 0 unspecified atom stereocenters. The van der Waals surface area contributed by atoms with Gasteiger partial charge in [-0.3, -0.25) is 4.68 Å². The Kier molecular flexibility index (Phi) is 3.63. The van der Waals surface area contributed by atoms with Crippen LogP contribution in [0.4, 0.5) is 10.2 Å². The van der Waals surface area contributed by atoms with E-state index in [9.17, 15) is 4.39 Å². The van der Waals surface area contributed by atoms with Crippen molar-refractivity contribution in [3.63, 3.8) is 0 Å². The van der Waals surface area contributed by atoms with Crippen LogP contribution >= 0.6 is 0 Å². The standard InChI is InChI=1S/C15H19FN4O/c1-9(2)12-6-20(10-7-21-8-10)19-14(12)11-4-5-13(17-3)18-15(11)16/h4-6,9-10H,7-8H2,1-3H3,(H,17,18). The molecule has 1 fully saturated rings. The van der Waals surface area contributed by atoms with E-state index >= 15 is 0 Å². The monoisotopic (exact) mass is 290 g/mol. The van der Waals surface area contributed by atoms with Crippen LogP contribution in [0.25, 0.3) is 11.3 Å². The number of rotatable bonds is 4. The first-order valence-corrected chi connectivity index (χ1v) is 7.11. The Balaban J connectivity index is 2.05. The van der Waals surface area contributed by atoms with Gasteiger partial charge in [0.15, 0.2) is 0 Å². The van der Waals surface area contributed by atoms with E-state index in [0.717, 1.165) is 5.56 Å². The molecule has 0 atom stereocenters. The summed E-state index contributed by atoms with van der Waals surface area (Å²) in [4.78, 5) is 3.90. The van der Waals surface area contributed by atoms with E-state index in [1.54, 1.807) is 19.2 Å². The second-order valence-electron chi connectivity index (χ2n) is 5.54. The number of aromatic nitrogens is 3. The van der Waals surface area contributed by atoms with Gasteiger partial charge in [-0.15, -0.1) is 0 Å². The van der Waals surface area contributed by atoms with E-state index in [1.165, 1.54) is 0 Å². The second kappa shape index (κ2) is 5.44. The van der Waals surface area contributed by atoms with Crippen LogP contribution in [0.1, 0.15) is 31.4 Å². The van der Waals surface area contributed by atoms with Crippen molar-refractivity contribution >= 4 is 5.82 Å². The highest BCUT2D eigenvalue weighted by atomic mass is 19.1. The van der Waals surface area contributed by atoms with Crippen molar-refractivity contribution in [2.24, 2.45) is 0 Å². The van der Waals surface area contributed by atoms with Gasteiger partial charge >= 0.3 is 0 Å². The molecule has 112 valence electrons. The van der Waals surface area contributed by atoms with Crippen molar-refractivity contribution in [3.05, 3.63) is 29.8 Å². The minimum absolute atomic E-state index is 0.254. The number of nitrogens with zero attached hydrogens (tertiary/aromatic N) is 3. The summed E-state index contributed by atoms with van der Waals surface area (Å²) < 4.78 is 21.3. The van der Waals surface area contributed by atoms with Crippen molar-refractivity contribution in [1.29, 1.82) is 0 Å². The van der Waals surface area contributed by atoms with Gasteiger partial charge in [0, 0.05) is 18.8 Å². The Morgan fingerprint density at radius 3 is 2.67 bits per heavy atom. The molecule has 21 heavy (non-hydrogen) atoms. The van der Waals surface area contributed by atoms with Crippen molar-refractivity contribution in [2.45, 2.75) is 25.8 Å². The van der Waals surface area contributed by atoms with Crippen molar-refractivity contribution in [2.75, 3.05) is 25.6 Å². The van der Waals surface area contributed by atoms with Crippen LogP contribution < -0.4 is 5.32 Å². The number of anilines is 1. The van der Waals surface area contributed by atoms with Crippen molar-refractivity contribution < 1.29 is 9.13 Å². The molecule has 1 saturated heterocycles. The van der Waals surface area contributed by atoms with Gasteiger partial charge in [0.2, 0.25) is 5.95 Å². The lowest BCUT2D eigenvalue weighted by molar-refractivity contribution is -0.0285. The van der Waals surface area contributed by atoms with E-state index in [2.05, 4.69) is 29.2 Å². The first kappa shape index (κ1) is 14.0. The van der Waals surface area contributed by atoms with E-state index in [4.69, 9.17) is 4.74 Å². The summed E-state index contributed by atoms with van der Waals surface area (Å²) in [5, 5.41) is 7.41. The first-order valence-electron chi connectivity index (χ1n) is 7.11. The van der Waals surface area contributed by atoms with Crippen LogP contribution in [-0.4, -0.2) is 35.0 Å². The molecule has 0 spiro atoms. The molecule has 1 N–H and O–H groups in total. The quantitative estimate of drug-likeness (QED) is 0.880. The van der Waals surface area contributed by atoms with Crippen LogP contribution in [0, 0.1) is 5.95 Å². The number of nitrogens with one attached hydrogen (secondary N) is 1.